The second kappa shape index (κ2) is 9.60. The van der Waals surface area contributed by atoms with Gasteiger partial charge in [0.1, 0.15) is 29.8 Å². The predicted octanol–water partition coefficient (Wildman–Crippen LogP) is 2.60. The highest BCUT2D eigenvalue weighted by atomic mass is 16.6. The van der Waals surface area contributed by atoms with Crippen LogP contribution in [0, 0.1) is 17.8 Å². The zero-order valence-corrected chi connectivity index (χ0v) is 21.7. The Labute approximate surface area is 213 Å². The van der Waals surface area contributed by atoms with E-state index < -0.39 is 41.1 Å². The van der Waals surface area contributed by atoms with E-state index in [1.54, 1.807) is 11.0 Å². The van der Waals surface area contributed by atoms with Crippen LogP contribution in [0.15, 0.2) is 24.3 Å². The molecule has 1 N–H and O–H groups in total. The van der Waals surface area contributed by atoms with Crippen molar-refractivity contribution in [1.29, 1.82) is 0 Å². The van der Waals surface area contributed by atoms with Crippen LogP contribution in [0.4, 0.5) is 0 Å². The summed E-state index contributed by atoms with van der Waals surface area (Å²) in [7, 11) is 0. The lowest BCUT2D eigenvalue weighted by Crippen LogP contribution is -2.60. The fourth-order valence-electron chi connectivity index (χ4n) is 7.49. The molecule has 0 aromatic carbocycles. The number of aliphatic hydroxyl groups is 1. The highest BCUT2D eigenvalue weighted by Crippen LogP contribution is 2.59. The number of aliphatic hydroxyl groups excluding tert-OH is 1. The fraction of sp³-hybridized carbons (Fsp3) is 0.750. The van der Waals surface area contributed by atoms with Gasteiger partial charge in [-0.25, -0.2) is 0 Å². The van der Waals surface area contributed by atoms with Crippen LogP contribution in [0.1, 0.15) is 65.7 Å². The molecule has 0 bridgehead atoms. The highest BCUT2D eigenvalue weighted by Gasteiger charge is 2.76. The van der Waals surface area contributed by atoms with Crippen molar-refractivity contribution in [3.05, 3.63) is 24.3 Å². The molecule has 2 amide bonds. The molecule has 1 spiro atoms. The molecule has 5 aliphatic rings. The number of ether oxygens (including phenoxy) is 2. The van der Waals surface area contributed by atoms with E-state index in [4.69, 9.17) is 9.47 Å². The van der Waals surface area contributed by atoms with Gasteiger partial charge in [0.05, 0.1) is 18.6 Å². The monoisotopic (exact) mass is 500 g/mol. The summed E-state index contributed by atoms with van der Waals surface area (Å²) in [5.41, 5.74) is -2.31. The summed E-state index contributed by atoms with van der Waals surface area (Å²) in [6, 6.07) is -1.34. The molecule has 6 atom stereocenters. The number of rotatable bonds is 6. The summed E-state index contributed by atoms with van der Waals surface area (Å²) in [5, 5.41) is 10.4. The molecular formula is C28H40N2O6. The summed E-state index contributed by atoms with van der Waals surface area (Å²) in [6.07, 6.45) is 13.8. The lowest BCUT2D eigenvalue weighted by molar-refractivity contribution is -0.162. The molecule has 1 aliphatic carbocycles. The number of esters is 1. The van der Waals surface area contributed by atoms with Gasteiger partial charge in [-0.2, -0.15) is 0 Å². The summed E-state index contributed by atoms with van der Waals surface area (Å²) >= 11 is 0. The molecule has 4 aliphatic heterocycles. The van der Waals surface area contributed by atoms with Gasteiger partial charge >= 0.3 is 5.97 Å². The normalized spacial score (nSPS) is 37.5. The first-order valence-electron chi connectivity index (χ1n) is 13.8. The fourth-order valence-corrected chi connectivity index (χ4v) is 7.49. The number of hydrogen-bond acceptors (Lipinski definition) is 6. The summed E-state index contributed by atoms with van der Waals surface area (Å²) in [5.74, 6) is -2.42. The Morgan fingerprint density at radius 1 is 1.06 bits per heavy atom. The first-order chi connectivity index (χ1) is 17.3. The van der Waals surface area contributed by atoms with Gasteiger partial charge in [0.2, 0.25) is 11.8 Å². The number of carbonyl (C=O) groups is 3. The Morgan fingerprint density at radius 2 is 1.81 bits per heavy atom. The number of nitrogens with zero attached hydrogens (tertiary/aromatic N) is 2. The number of likely N-dealkylation sites (tertiary alicyclic amines) is 1. The largest absolute Gasteiger partial charge is 0.461 e. The quantitative estimate of drug-likeness (QED) is 0.445. The van der Waals surface area contributed by atoms with Crippen LogP contribution in [-0.4, -0.2) is 81.8 Å². The second-order valence-corrected chi connectivity index (χ2v) is 11.6. The van der Waals surface area contributed by atoms with E-state index in [0.29, 0.717) is 19.4 Å². The van der Waals surface area contributed by atoms with Gasteiger partial charge in [0.25, 0.3) is 0 Å². The maximum Gasteiger partial charge on any atom is 0.313 e. The van der Waals surface area contributed by atoms with Crippen molar-refractivity contribution in [3.63, 3.8) is 0 Å². The van der Waals surface area contributed by atoms with Crippen molar-refractivity contribution in [2.45, 2.75) is 95.0 Å². The zero-order valence-electron chi connectivity index (χ0n) is 21.7. The Bertz CT molecular complexity index is 956. The van der Waals surface area contributed by atoms with Crippen LogP contribution in [0.5, 0.6) is 0 Å². The van der Waals surface area contributed by atoms with Gasteiger partial charge in [0.15, 0.2) is 0 Å². The molecule has 0 aromatic rings. The van der Waals surface area contributed by atoms with Gasteiger partial charge in [-0.3, -0.25) is 14.4 Å². The van der Waals surface area contributed by atoms with Crippen molar-refractivity contribution in [2.24, 2.45) is 17.8 Å². The number of cyclic esters (lactones) is 1. The SMILES string of the molecule is CC[C@]12C=CCOC(=O)[C@H]1[C@H]1C(=O)N([C@@H](CO)CC(C)C)C3C(=O)N(C4CCCCC4)CC=C[C@@]31O2. The molecule has 198 valence electrons. The Morgan fingerprint density at radius 3 is 2.47 bits per heavy atom. The van der Waals surface area contributed by atoms with Gasteiger partial charge < -0.3 is 24.4 Å². The van der Waals surface area contributed by atoms with Gasteiger partial charge in [-0.1, -0.05) is 58.3 Å². The minimum absolute atomic E-state index is 0.122. The lowest BCUT2D eigenvalue weighted by atomic mass is 9.73. The predicted molar refractivity (Wildman–Crippen MR) is 133 cm³/mol. The van der Waals surface area contributed by atoms with Gasteiger partial charge in [-0.15, -0.1) is 0 Å². The number of fused-ring (bicyclic) bond motifs is 2. The standard InChI is InChI=1S/C28H40N2O6/c1-4-27-12-9-15-35-26(34)22(27)21-24(32)30(20(17-31)16-18(2)3)23-25(33)29(19-10-6-5-7-11-19)14-8-13-28(21,23)36-27/h8-9,12-13,18-23,31H,4-7,10-11,14-17H2,1-3H3/t20-,21+,22-,23?,27+,28+/m1/s1. The maximum atomic E-state index is 14.5. The summed E-state index contributed by atoms with van der Waals surface area (Å²) < 4.78 is 12.4. The van der Waals surface area contributed by atoms with E-state index in [1.165, 1.54) is 6.42 Å². The van der Waals surface area contributed by atoms with Crippen molar-refractivity contribution in [1.82, 2.24) is 9.80 Å². The van der Waals surface area contributed by atoms with Crippen molar-refractivity contribution < 1.29 is 29.0 Å². The summed E-state index contributed by atoms with van der Waals surface area (Å²) in [6.45, 7) is 6.36. The van der Waals surface area contributed by atoms with Gasteiger partial charge in [-0.05, 0) is 37.7 Å². The topological polar surface area (TPSA) is 96.4 Å². The number of amides is 2. The molecular weight excluding hydrogens is 460 g/mol. The third kappa shape index (κ3) is 3.74. The molecule has 1 unspecified atom stereocenters. The van der Waals surface area contributed by atoms with E-state index in [0.717, 1.165) is 25.7 Å². The third-order valence-electron chi connectivity index (χ3n) is 9.03. The number of hydrogen-bond donors (Lipinski definition) is 1. The molecule has 36 heavy (non-hydrogen) atoms. The minimum atomic E-state index is -1.29. The smallest absolute Gasteiger partial charge is 0.313 e. The van der Waals surface area contributed by atoms with Crippen LogP contribution >= 0.6 is 0 Å². The zero-order chi connectivity index (χ0) is 25.7. The molecule has 0 radical (unpaired) electrons. The minimum Gasteiger partial charge on any atom is -0.461 e. The van der Waals surface area contributed by atoms with Crippen molar-refractivity contribution in [3.8, 4) is 0 Å². The molecule has 0 aromatic heterocycles. The molecule has 4 heterocycles. The maximum absolute atomic E-state index is 14.5. The Hall–Kier alpha value is -2.19. The van der Waals surface area contributed by atoms with E-state index in [1.807, 2.05) is 43.9 Å². The van der Waals surface area contributed by atoms with E-state index in [2.05, 4.69) is 0 Å². The Balaban J connectivity index is 1.65. The molecule has 8 heteroatoms. The lowest BCUT2D eigenvalue weighted by Gasteiger charge is -2.42. The average molecular weight is 501 g/mol. The van der Waals surface area contributed by atoms with Crippen LogP contribution < -0.4 is 0 Å². The third-order valence-corrected chi connectivity index (χ3v) is 9.03. The average Bonchev–Trinajstić information content (AvgIpc) is 3.15. The first-order valence-corrected chi connectivity index (χ1v) is 13.8. The molecule has 5 rings (SSSR count). The summed E-state index contributed by atoms with van der Waals surface area (Å²) in [4.78, 5) is 45.7. The molecule has 1 saturated carbocycles. The van der Waals surface area contributed by atoms with E-state index in [9.17, 15) is 19.5 Å². The first kappa shape index (κ1) is 25.5. The second-order valence-electron chi connectivity index (χ2n) is 11.6. The molecule has 8 nitrogen and oxygen atoms in total. The van der Waals surface area contributed by atoms with Crippen molar-refractivity contribution >= 4 is 17.8 Å². The highest BCUT2D eigenvalue weighted by molar-refractivity contribution is 5.99. The molecule has 2 saturated heterocycles. The van der Waals surface area contributed by atoms with Crippen LogP contribution in [0.3, 0.4) is 0 Å². The van der Waals surface area contributed by atoms with Gasteiger partial charge in [0, 0.05) is 12.6 Å². The molecule has 3 fully saturated rings. The van der Waals surface area contributed by atoms with Crippen LogP contribution in [0.25, 0.3) is 0 Å². The number of carbonyl (C=O) groups excluding carboxylic acids is 3. The van der Waals surface area contributed by atoms with E-state index >= 15 is 0 Å². The van der Waals surface area contributed by atoms with Crippen LogP contribution in [-0.2, 0) is 23.9 Å². The van der Waals surface area contributed by atoms with Crippen molar-refractivity contribution in [2.75, 3.05) is 19.8 Å². The van der Waals surface area contributed by atoms with E-state index in [-0.39, 0.29) is 37.0 Å². The Kier molecular flexibility index (Phi) is 6.79. The van der Waals surface area contributed by atoms with Crippen LogP contribution in [0.2, 0.25) is 0 Å².